The molecule has 18 heavy (non-hydrogen) atoms. The highest BCUT2D eigenvalue weighted by molar-refractivity contribution is 8.00. The molecule has 0 bridgehead atoms. The second-order valence-electron chi connectivity index (χ2n) is 7.14. The molecule has 0 radical (unpaired) electrons. The molecule has 0 amide bonds. The van der Waals surface area contributed by atoms with Crippen LogP contribution in [0.25, 0.3) is 0 Å². The molecule has 2 nitrogen and oxygen atoms in total. The normalized spacial score (nSPS) is 32.4. The minimum Gasteiger partial charge on any atom is -0.302 e. The predicted octanol–water partition coefficient (Wildman–Crippen LogP) is 3.21. The largest absolute Gasteiger partial charge is 0.302 e. The summed E-state index contributed by atoms with van der Waals surface area (Å²) in [5.41, 5.74) is -0.0649. The van der Waals surface area contributed by atoms with Crippen molar-refractivity contribution in [2.75, 3.05) is 25.4 Å². The van der Waals surface area contributed by atoms with Crippen LogP contribution in [0.4, 0.5) is 0 Å². The van der Waals surface area contributed by atoms with Crippen molar-refractivity contribution >= 4 is 17.5 Å². The summed E-state index contributed by atoms with van der Waals surface area (Å²) >= 11 is 2.08. The van der Waals surface area contributed by atoms with Gasteiger partial charge in [-0.2, -0.15) is 11.8 Å². The van der Waals surface area contributed by atoms with Crippen LogP contribution in [0, 0.1) is 11.3 Å². The van der Waals surface area contributed by atoms with Gasteiger partial charge in [0.1, 0.15) is 5.78 Å². The zero-order valence-corrected chi connectivity index (χ0v) is 13.1. The van der Waals surface area contributed by atoms with Crippen LogP contribution in [0.5, 0.6) is 0 Å². The first-order valence-electron chi connectivity index (χ1n) is 7.21. The molecule has 3 heteroatoms. The highest BCUT2D eigenvalue weighted by atomic mass is 32.2. The Hall–Kier alpha value is -0.0200. The van der Waals surface area contributed by atoms with Gasteiger partial charge in [0.25, 0.3) is 0 Å². The van der Waals surface area contributed by atoms with Gasteiger partial charge in [-0.1, -0.05) is 27.7 Å². The maximum absolute atomic E-state index is 12.3. The van der Waals surface area contributed by atoms with E-state index in [1.165, 1.54) is 12.2 Å². The Balaban J connectivity index is 1.89. The number of carbonyl (C=O) groups is 1. The zero-order chi connectivity index (χ0) is 13.4. The second kappa shape index (κ2) is 5.16. The van der Waals surface area contributed by atoms with E-state index in [9.17, 15) is 4.79 Å². The zero-order valence-electron chi connectivity index (χ0n) is 12.3. The van der Waals surface area contributed by atoms with E-state index < -0.39 is 0 Å². The number of rotatable bonds is 2. The van der Waals surface area contributed by atoms with E-state index in [-0.39, 0.29) is 5.41 Å². The maximum atomic E-state index is 12.3. The first-order valence-corrected chi connectivity index (χ1v) is 8.19. The van der Waals surface area contributed by atoms with Crippen molar-refractivity contribution in [1.29, 1.82) is 0 Å². The van der Waals surface area contributed by atoms with Gasteiger partial charge in [0.15, 0.2) is 0 Å². The lowest BCUT2D eigenvalue weighted by Crippen LogP contribution is -2.35. The second-order valence-corrected chi connectivity index (χ2v) is 8.94. The summed E-state index contributed by atoms with van der Waals surface area (Å²) in [6.45, 7) is 12.2. The van der Waals surface area contributed by atoms with Crippen LogP contribution in [0.3, 0.4) is 0 Å². The summed E-state index contributed by atoms with van der Waals surface area (Å²) in [4.78, 5) is 14.8. The third-order valence-electron chi connectivity index (χ3n) is 4.56. The minimum absolute atomic E-state index is 0.0649. The fourth-order valence-electron chi connectivity index (χ4n) is 3.07. The van der Waals surface area contributed by atoms with Crippen molar-refractivity contribution in [2.45, 2.75) is 51.7 Å². The fraction of sp³-hybridized carbons (Fsp3) is 0.933. The lowest BCUT2D eigenvalue weighted by atomic mass is 9.89. The Morgan fingerprint density at radius 3 is 2.56 bits per heavy atom. The van der Waals surface area contributed by atoms with E-state index in [1.807, 2.05) is 0 Å². The van der Waals surface area contributed by atoms with E-state index in [0.717, 1.165) is 32.5 Å². The van der Waals surface area contributed by atoms with Crippen molar-refractivity contribution < 1.29 is 4.79 Å². The lowest BCUT2D eigenvalue weighted by molar-refractivity contribution is -0.127. The van der Waals surface area contributed by atoms with Crippen LogP contribution in [0.2, 0.25) is 0 Å². The molecule has 2 fully saturated rings. The number of carbonyl (C=O) groups excluding carboxylic acids is 1. The molecular formula is C15H27NOS. The van der Waals surface area contributed by atoms with Gasteiger partial charge in [0.05, 0.1) is 0 Å². The molecule has 0 aromatic carbocycles. The van der Waals surface area contributed by atoms with Crippen molar-refractivity contribution in [3.8, 4) is 0 Å². The predicted molar refractivity (Wildman–Crippen MR) is 79.1 cm³/mol. The average molecular weight is 269 g/mol. The summed E-state index contributed by atoms with van der Waals surface area (Å²) in [5.74, 6) is 2.00. The Bertz CT molecular complexity index is 324. The van der Waals surface area contributed by atoms with E-state index in [1.54, 1.807) is 0 Å². The van der Waals surface area contributed by atoms with Gasteiger partial charge in [0, 0.05) is 34.9 Å². The molecule has 0 aromatic rings. The molecule has 1 saturated heterocycles. The van der Waals surface area contributed by atoms with Crippen LogP contribution in [0.1, 0.15) is 47.0 Å². The number of thioether (sulfide) groups is 1. The Morgan fingerprint density at radius 2 is 1.94 bits per heavy atom. The van der Waals surface area contributed by atoms with E-state index >= 15 is 0 Å². The molecule has 1 aliphatic heterocycles. The van der Waals surface area contributed by atoms with Crippen molar-refractivity contribution in [3.05, 3.63) is 0 Å². The lowest BCUT2D eigenvalue weighted by Gasteiger charge is -2.25. The number of nitrogens with zero attached hydrogens (tertiary/aromatic N) is 1. The molecule has 1 unspecified atom stereocenters. The van der Waals surface area contributed by atoms with Crippen LogP contribution in [-0.4, -0.2) is 40.8 Å². The summed E-state index contributed by atoms with van der Waals surface area (Å²) in [5, 5.41) is 0. The molecule has 1 aliphatic carbocycles. The SMILES string of the molecule is CC1(C)CCN(CC2CCC(C)(C)C2=O)CCS1. The number of ketones is 1. The highest BCUT2D eigenvalue weighted by Crippen LogP contribution is 2.38. The summed E-state index contributed by atoms with van der Waals surface area (Å²) in [6.07, 6.45) is 3.41. The first-order chi connectivity index (χ1) is 8.30. The van der Waals surface area contributed by atoms with Crippen LogP contribution in [-0.2, 0) is 4.79 Å². The van der Waals surface area contributed by atoms with Crippen LogP contribution >= 0.6 is 11.8 Å². The summed E-state index contributed by atoms with van der Waals surface area (Å²) in [7, 11) is 0. The molecule has 2 aliphatic rings. The Morgan fingerprint density at radius 1 is 1.22 bits per heavy atom. The molecule has 1 saturated carbocycles. The molecule has 0 aromatic heterocycles. The molecule has 1 atom stereocenters. The molecule has 2 rings (SSSR count). The monoisotopic (exact) mass is 269 g/mol. The van der Waals surface area contributed by atoms with Gasteiger partial charge < -0.3 is 4.90 Å². The topological polar surface area (TPSA) is 20.3 Å². The Kier molecular flexibility index (Phi) is 4.13. The van der Waals surface area contributed by atoms with E-state index in [4.69, 9.17) is 0 Å². The molecule has 0 N–H and O–H groups in total. The van der Waals surface area contributed by atoms with Gasteiger partial charge in [-0.05, 0) is 25.8 Å². The van der Waals surface area contributed by atoms with Crippen LogP contribution < -0.4 is 0 Å². The highest BCUT2D eigenvalue weighted by Gasteiger charge is 2.41. The van der Waals surface area contributed by atoms with Crippen molar-refractivity contribution in [2.24, 2.45) is 11.3 Å². The Labute approximate surface area is 116 Å². The quantitative estimate of drug-likeness (QED) is 0.768. The summed E-state index contributed by atoms with van der Waals surface area (Å²) < 4.78 is 0.410. The summed E-state index contributed by atoms with van der Waals surface area (Å²) in [6, 6.07) is 0. The first kappa shape index (κ1) is 14.4. The van der Waals surface area contributed by atoms with Gasteiger partial charge in [-0.25, -0.2) is 0 Å². The van der Waals surface area contributed by atoms with E-state index in [2.05, 4.69) is 44.4 Å². The fourth-order valence-corrected chi connectivity index (χ4v) is 4.21. The minimum atomic E-state index is -0.0649. The molecule has 1 heterocycles. The number of hydrogen-bond donors (Lipinski definition) is 0. The third kappa shape index (κ3) is 3.30. The van der Waals surface area contributed by atoms with Gasteiger partial charge >= 0.3 is 0 Å². The molecule has 0 spiro atoms. The maximum Gasteiger partial charge on any atom is 0.142 e. The van der Waals surface area contributed by atoms with E-state index in [0.29, 0.717) is 16.4 Å². The standard InChI is InChI=1S/C15H27NOS/c1-14(2)6-5-12(13(14)17)11-16-8-7-15(3,4)18-10-9-16/h12H,5-11H2,1-4H3. The van der Waals surface area contributed by atoms with Crippen molar-refractivity contribution in [3.63, 3.8) is 0 Å². The number of Topliss-reactive ketones (excluding diaryl/α,β-unsaturated/α-hetero) is 1. The smallest absolute Gasteiger partial charge is 0.142 e. The third-order valence-corrected chi connectivity index (χ3v) is 5.94. The van der Waals surface area contributed by atoms with Crippen molar-refractivity contribution in [1.82, 2.24) is 4.90 Å². The van der Waals surface area contributed by atoms with Crippen LogP contribution in [0.15, 0.2) is 0 Å². The number of hydrogen-bond acceptors (Lipinski definition) is 3. The van der Waals surface area contributed by atoms with Gasteiger partial charge in [-0.3, -0.25) is 4.79 Å². The van der Waals surface area contributed by atoms with Gasteiger partial charge in [0.2, 0.25) is 0 Å². The molecule has 104 valence electrons. The van der Waals surface area contributed by atoms with Gasteiger partial charge in [-0.15, -0.1) is 0 Å². The average Bonchev–Trinajstić information content (AvgIpc) is 2.45. The molecular weight excluding hydrogens is 242 g/mol.